The lowest BCUT2D eigenvalue weighted by Crippen LogP contribution is -2.39. The van der Waals surface area contributed by atoms with E-state index in [1.54, 1.807) is 0 Å². The smallest absolute Gasteiger partial charge is 0.0571 e. The number of halogens is 1. The zero-order valence-corrected chi connectivity index (χ0v) is 8.78. The van der Waals surface area contributed by atoms with Gasteiger partial charge in [-0.1, -0.05) is 19.8 Å². The second kappa shape index (κ2) is 6.70. The minimum absolute atomic E-state index is 0. The Morgan fingerprint density at radius 1 is 1.33 bits per heavy atom. The second-order valence-corrected chi connectivity index (χ2v) is 3.45. The standard InChI is InChI=1S/C9H20N2.ClH/c1-2-3-6-9(10)11-7-4-5-8-11;/h9H,2-8,10H2,1H3;1H. The number of unbranched alkanes of at least 4 members (excludes halogenated alkanes) is 1. The van der Waals surface area contributed by atoms with Gasteiger partial charge in [0.2, 0.25) is 0 Å². The van der Waals surface area contributed by atoms with Gasteiger partial charge in [0, 0.05) is 0 Å². The molecule has 0 saturated carbocycles. The fraction of sp³-hybridized carbons (Fsp3) is 1.00. The minimum Gasteiger partial charge on any atom is -0.316 e. The molecule has 1 fully saturated rings. The lowest BCUT2D eigenvalue weighted by atomic mass is 10.2. The minimum atomic E-state index is 0. The molecule has 0 aliphatic carbocycles. The van der Waals surface area contributed by atoms with Crippen LogP contribution in [-0.2, 0) is 0 Å². The lowest BCUT2D eigenvalue weighted by molar-refractivity contribution is 0.232. The molecule has 74 valence electrons. The van der Waals surface area contributed by atoms with Crippen LogP contribution in [-0.4, -0.2) is 24.2 Å². The van der Waals surface area contributed by atoms with Crippen LogP contribution in [0.3, 0.4) is 0 Å². The number of hydrogen-bond donors (Lipinski definition) is 1. The van der Waals surface area contributed by atoms with E-state index in [0.29, 0.717) is 6.17 Å². The van der Waals surface area contributed by atoms with Crippen LogP contribution in [0.25, 0.3) is 0 Å². The van der Waals surface area contributed by atoms with Gasteiger partial charge >= 0.3 is 0 Å². The summed E-state index contributed by atoms with van der Waals surface area (Å²) in [4.78, 5) is 2.41. The molecule has 0 aromatic rings. The summed E-state index contributed by atoms with van der Waals surface area (Å²) in [6.07, 6.45) is 6.76. The van der Waals surface area contributed by atoms with Crippen molar-refractivity contribution in [1.29, 1.82) is 0 Å². The van der Waals surface area contributed by atoms with E-state index in [9.17, 15) is 0 Å². The molecule has 1 aliphatic heterocycles. The first-order valence-corrected chi connectivity index (χ1v) is 4.84. The summed E-state index contributed by atoms with van der Waals surface area (Å²) in [6.45, 7) is 4.67. The topological polar surface area (TPSA) is 29.3 Å². The molecule has 1 unspecified atom stereocenters. The van der Waals surface area contributed by atoms with Gasteiger partial charge in [-0.15, -0.1) is 12.4 Å². The van der Waals surface area contributed by atoms with Crippen LogP contribution >= 0.6 is 12.4 Å². The van der Waals surface area contributed by atoms with Crippen molar-refractivity contribution in [2.45, 2.75) is 45.2 Å². The maximum atomic E-state index is 5.99. The van der Waals surface area contributed by atoms with Crippen LogP contribution in [0.4, 0.5) is 0 Å². The van der Waals surface area contributed by atoms with Crippen LogP contribution in [0.5, 0.6) is 0 Å². The fourth-order valence-corrected chi connectivity index (χ4v) is 1.67. The van der Waals surface area contributed by atoms with Gasteiger partial charge in [0.05, 0.1) is 6.17 Å². The summed E-state index contributed by atoms with van der Waals surface area (Å²) in [5, 5.41) is 0. The summed E-state index contributed by atoms with van der Waals surface area (Å²) < 4.78 is 0. The Morgan fingerprint density at radius 2 is 1.92 bits per heavy atom. The Kier molecular flexibility index (Phi) is 6.81. The van der Waals surface area contributed by atoms with Crippen molar-refractivity contribution in [3.05, 3.63) is 0 Å². The SMILES string of the molecule is CCCCC(N)N1CCCC1.Cl. The highest BCUT2D eigenvalue weighted by Gasteiger charge is 2.17. The molecule has 0 amide bonds. The average Bonchev–Trinajstić information content (AvgIpc) is 2.52. The first kappa shape index (κ1) is 12.2. The summed E-state index contributed by atoms with van der Waals surface area (Å²) in [5.74, 6) is 0. The third-order valence-corrected chi connectivity index (χ3v) is 2.46. The molecule has 0 radical (unpaired) electrons. The highest BCUT2D eigenvalue weighted by Crippen LogP contribution is 2.12. The van der Waals surface area contributed by atoms with Gasteiger partial charge in [-0.25, -0.2) is 0 Å². The highest BCUT2D eigenvalue weighted by molar-refractivity contribution is 5.85. The monoisotopic (exact) mass is 192 g/mol. The molecule has 1 aliphatic rings. The van der Waals surface area contributed by atoms with Crippen molar-refractivity contribution < 1.29 is 0 Å². The molecule has 2 N–H and O–H groups in total. The molecule has 3 heteroatoms. The number of likely N-dealkylation sites (tertiary alicyclic amines) is 1. The van der Waals surface area contributed by atoms with E-state index in [1.807, 2.05) is 0 Å². The first-order chi connectivity index (χ1) is 5.34. The predicted octanol–water partition coefficient (Wildman–Crippen LogP) is 1.98. The summed E-state index contributed by atoms with van der Waals surface area (Å²) in [7, 11) is 0. The summed E-state index contributed by atoms with van der Waals surface area (Å²) in [6, 6.07) is 0. The van der Waals surface area contributed by atoms with Gasteiger partial charge in [-0.2, -0.15) is 0 Å². The number of rotatable bonds is 4. The molecule has 1 heterocycles. The number of nitrogens with two attached hydrogens (primary N) is 1. The van der Waals surface area contributed by atoms with Crippen molar-refractivity contribution in [3.63, 3.8) is 0 Å². The Hall–Kier alpha value is 0.210. The molecule has 0 aromatic heterocycles. The van der Waals surface area contributed by atoms with Crippen molar-refractivity contribution in [1.82, 2.24) is 4.90 Å². The normalized spacial score (nSPS) is 20.5. The van der Waals surface area contributed by atoms with Gasteiger partial charge in [0.15, 0.2) is 0 Å². The van der Waals surface area contributed by atoms with E-state index >= 15 is 0 Å². The second-order valence-electron chi connectivity index (χ2n) is 3.45. The summed E-state index contributed by atoms with van der Waals surface area (Å²) >= 11 is 0. The van der Waals surface area contributed by atoms with Crippen molar-refractivity contribution in [3.8, 4) is 0 Å². The van der Waals surface area contributed by atoms with E-state index in [0.717, 1.165) is 0 Å². The molecule has 1 saturated heterocycles. The van der Waals surface area contributed by atoms with Crippen LogP contribution < -0.4 is 5.73 Å². The molecule has 12 heavy (non-hydrogen) atoms. The van der Waals surface area contributed by atoms with E-state index < -0.39 is 0 Å². The van der Waals surface area contributed by atoms with Gasteiger partial charge in [-0.3, -0.25) is 4.90 Å². The molecule has 0 aromatic carbocycles. The molecule has 1 atom stereocenters. The van der Waals surface area contributed by atoms with Gasteiger partial charge in [0.25, 0.3) is 0 Å². The Balaban J connectivity index is 0.00000121. The lowest BCUT2D eigenvalue weighted by Gasteiger charge is -2.22. The van der Waals surface area contributed by atoms with E-state index in [-0.39, 0.29) is 12.4 Å². The van der Waals surface area contributed by atoms with Crippen molar-refractivity contribution >= 4 is 12.4 Å². The zero-order chi connectivity index (χ0) is 8.10. The third kappa shape index (κ3) is 3.74. The van der Waals surface area contributed by atoms with Gasteiger partial charge in [-0.05, 0) is 32.4 Å². The number of hydrogen-bond acceptors (Lipinski definition) is 2. The largest absolute Gasteiger partial charge is 0.316 e. The van der Waals surface area contributed by atoms with Crippen LogP contribution in [0.15, 0.2) is 0 Å². The van der Waals surface area contributed by atoms with Crippen LogP contribution in [0.2, 0.25) is 0 Å². The van der Waals surface area contributed by atoms with Crippen molar-refractivity contribution in [2.75, 3.05) is 13.1 Å². The van der Waals surface area contributed by atoms with E-state index in [2.05, 4.69) is 11.8 Å². The zero-order valence-electron chi connectivity index (χ0n) is 7.96. The van der Waals surface area contributed by atoms with Gasteiger partial charge < -0.3 is 5.73 Å². The van der Waals surface area contributed by atoms with Gasteiger partial charge in [0.1, 0.15) is 0 Å². The predicted molar refractivity (Wildman–Crippen MR) is 55.6 cm³/mol. The maximum Gasteiger partial charge on any atom is 0.0571 e. The molecule has 0 bridgehead atoms. The quantitative estimate of drug-likeness (QED) is 0.738. The van der Waals surface area contributed by atoms with Crippen LogP contribution in [0, 0.1) is 0 Å². The van der Waals surface area contributed by atoms with E-state index in [4.69, 9.17) is 5.73 Å². The molecular weight excluding hydrogens is 172 g/mol. The molecule has 0 spiro atoms. The first-order valence-electron chi connectivity index (χ1n) is 4.84. The van der Waals surface area contributed by atoms with Crippen LogP contribution in [0.1, 0.15) is 39.0 Å². The molecular formula is C9H21ClN2. The Morgan fingerprint density at radius 3 is 2.42 bits per heavy atom. The number of nitrogens with zero attached hydrogens (tertiary/aromatic N) is 1. The molecule has 1 rings (SSSR count). The summed E-state index contributed by atoms with van der Waals surface area (Å²) in [5.41, 5.74) is 5.99. The Labute approximate surface area is 81.9 Å². The Bertz CT molecular complexity index is 103. The third-order valence-electron chi connectivity index (χ3n) is 2.46. The fourth-order valence-electron chi connectivity index (χ4n) is 1.67. The van der Waals surface area contributed by atoms with Crippen molar-refractivity contribution in [2.24, 2.45) is 5.73 Å². The highest BCUT2D eigenvalue weighted by atomic mass is 35.5. The van der Waals surface area contributed by atoms with E-state index in [1.165, 1.54) is 45.2 Å². The maximum absolute atomic E-state index is 5.99. The average molecular weight is 193 g/mol. The molecule has 2 nitrogen and oxygen atoms in total.